The van der Waals surface area contributed by atoms with Crippen LogP contribution in [-0.4, -0.2) is 40.3 Å². The third kappa shape index (κ3) is 5.15. The van der Waals surface area contributed by atoms with Crippen LogP contribution >= 0.6 is 0 Å². The summed E-state index contributed by atoms with van der Waals surface area (Å²) in [6.45, 7) is -0.134. The number of carbonyl (C=O) groups is 3. The lowest BCUT2D eigenvalue weighted by Gasteiger charge is -2.21. The van der Waals surface area contributed by atoms with Crippen LogP contribution in [-0.2, 0) is 25.7 Å². The quantitative estimate of drug-likeness (QED) is 0.704. The SMILES string of the molecule is O=C(O[C@@H](C(=O)O)[C@@H](OCc1ccccc1)C(=O)O)c1ccccc1. The molecule has 0 heterocycles. The van der Waals surface area contributed by atoms with Gasteiger partial charge in [-0.1, -0.05) is 48.5 Å². The second kappa shape index (κ2) is 8.60. The molecule has 0 aromatic heterocycles. The fraction of sp³-hybridized carbons (Fsp3) is 0.167. The summed E-state index contributed by atoms with van der Waals surface area (Å²) in [7, 11) is 0. The minimum absolute atomic E-state index is 0.112. The van der Waals surface area contributed by atoms with E-state index in [1.165, 1.54) is 12.1 Å². The minimum Gasteiger partial charge on any atom is -0.479 e. The fourth-order valence-corrected chi connectivity index (χ4v) is 2.05. The molecule has 0 saturated heterocycles. The van der Waals surface area contributed by atoms with E-state index < -0.39 is 30.1 Å². The van der Waals surface area contributed by atoms with Gasteiger partial charge >= 0.3 is 17.9 Å². The summed E-state index contributed by atoms with van der Waals surface area (Å²) < 4.78 is 10.1. The fourth-order valence-electron chi connectivity index (χ4n) is 2.05. The Morgan fingerprint density at radius 2 is 1.32 bits per heavy atom. The lowest BCUT2D eigenvalue weighted by molar-refractivity contribution is -0.172. The van der Waals surface area contributed by atoms with E-state index in [-0.39, 0.29) is 12.2 Å². The van der Waals surface area contributed by atoms with Crippen LogP contribution in [0.3, 0.4) is 0 Å². The normalized spacial score (nSPS) is 12.8. The van der Waals surface area contributed by atoms with Crippen LogP contribution in [0.15, 0.2) is 60.7 Å². The van der Waals surface area contributed by atoms with Crippen molar-refractivity contribution in [3.8, 4) is 0 Å². The smallest absolute Gasteiger partial charge is 0.348 e. The Kier molecular flexibility index (Phi) is 6.25. The molecule has 2 N–H and O–H groups in total. The lowest BCUT2D eigenvalue weighted by Crippen LogP contribution is -2.44. The van der Waals surface area contributed by atoms with E-state index in [1.54, 1.807) is 48.5 Å². The van der Waals surface area contributed by atoms with Gasteiger partial charge in [-0.3, -0.25) is 0 Å². The van der Waals surface area contributed by atoms with Crippen molar-refractivity contribution in [1.82, 2.24) is 0 Å². The lowest BCUT2D eigenvalue weighted by atomic mass is 10.1. The number of ether oxygens (including phenoxy) is 2. The first kappa shape index (κ1) is 18.2. The average molecular weight is 344 g/mol. The van der Waals surface area contributed by atoms with Crippen LogP contribution in [0.25, 0.3) is 0 Å². The predicted molar refractivity (Wildman–Crippen MR) is 85.9 cm³/mol. The highest BCUT2D eigenvalue weighted by molar-refractivity contribution is 5.92. The molecule has 2 rings (SSSR count). The van der Waals surface area contributed by atoms with Gasteiger partial charge in [-0.2, -0.15) is 0 Å². The van der Waals surface area contributed by atoms with E-state index in [4.69, 9.17) is 9.47 Å². The highest BCUT2D eigenvalue weighted by Crippen LogP contribution is 2.13. The van der Waals surface area contributed by atoms with Crippen LogP contribution in [0.1, 0.15) is 15.9 Å². The molecular formula is C18H16O7. The molecule has 0 radical (unpaired) electrons. The first-order valence-electron chi connectivity index (χ1n) is 7.36. The van der Waals surface area contributed by atoms with E-state index in [0.717, 1.165) is 0 Å². The summed E-state index contributed by atoms with van der Waals surface area (Å²) in [5.74, 6) is -4.09. The number of aliphatic carboxylic acids is 2. The predicted octanol–water partition coefficient (Wildman–Crippen LogP) is 1.97. The van der Waals surface area contributed by atoms with Crippen LogP contribution < -0.4 is 0 Å². The maximum Gasteiger partial charge on any atom is 0.348 e. The van der Waals surface area contributed by atoms with E-state index in [2.05, 4.69) is 0 Å². The zero-order valence-electron chi connectivity index (χ0n) is 13.1. The van der Waals surface area contributed by atoms with E-state index in [1.807, 2.05) is 0 Å². The maximum atomic E-state index is 12.0. The number of rotatable bonds is 8. The van der Waals surface area contributed by atoms with Crippen molar-refractivity contribution in [3.63, 3.8) is 0 Å². The highest BCUT2D eigenvalue weighted by atomic mass is 16.6. The number of hydrogen-bond acceptors (Lipinski definition) is 5. The molecule has 0 aliphatic rings. The molecule has 0 fully saturated rings. The number of benzene rings is 2. The first-order chi connectivity index (χ1) is 12.0. The summed E-state index contributed by atoms with van der Waals surface area (Å²) in [6.07, 6.45) is -3.82. The van der Waals surface area contributed by atoms with Gasteiger partial charge in [0.1, 0.15) is 0 Å². The summed E-state index contributed by atoms with van der Waals surface area (Å²) in [5, 5.41) is 18.5. The molecule has 7 heteroatoms. The zero-order chi connectivity index (χ0) is 18.2. The Labute approximate surface area is 143 Å². The van der Waals surface area contributed by atoms with Gasteiger partial charge in [0.25, 0.3) is 0 Å². The molecule has 130 valence electrons. The van der Waals surface area contributed by atoms with Gasteiger partial charge in [-0.05, 0) is 17.7 Å². The topological polar surface area (TPSA) is 110 Å². The van der Waals surface area contributed by atoms with Gasteiger partial charge in [0.2, 0.25) is 12.2 Å². The molecule has 0 aliphatic heterocycles. The number of carboxylic acids is 2. The van der Waals surface area contributed by atoms with Crippen LogP contribution in [0, 0.1) is 0 Å². The Morgan fingerprint density at radius 1 is 0.800 bits per heavy atom. The van der Waals surface area contributed by atoms with Gasteiger partial charge in [-0.15, -0.1) is 0 Å². The van der Waals surface area contributed by atoms with Gasteiger partial charge in [-0.25, -0.2) is 14.4 Å². The highest BCUT2D eigenvalue weighted by Gasteiger charge is 2.38. The van der Waals surface area contributed by atoms with Crippen molar-refractivity contribution in [2.45, 2.75) is 18.8 Å². The van der Waals surface area contributed by atoms with Crippen molar-refractivity contribution in [3.05, 3.63) is 71.8 Å². The molecule has 0 amide bonds. The van der Waals surface area contributed by atoms with Crippen molar-refractivity contribution in [1.29, 1.82) is 0 Å². The Balaban J connectivity index is 2.12. The minimum atomic E-state index is -1.98. The monoisotopic (exact) mass is 344 g/mol. The summed E-state index contributed by atoms with van der Waals surface area (Å²) in [6, 6.07) is 16.3. The Bertz CT molecular complexity index is 728. The third-order valence-electron chi connectivity index (χ3n) is 3.28. The number of hydrogen-bond donors (Lipinski definition) is 2. The molecule has 2 aromatic rings. The molecule has 0 saturated carbocycles. The van der Waals surface area contributed by atoms with Crippen molar-refractivity contribution < 1.29 is 34.1 Å². The second-order valence-corrected chi connectivity index (χ2v) is 5.09. The average Bonchev–Trinajstić information content (AvgIpc) is 2.62. The number of carboxylic acid groups (broad SMARTS) is 2. The summed E-state index contributed by atoms with van der Waals surface area (Å²) >= 11 is 0. The Hall–Kier alpha value is -3.19. The zero-order valence-corrected chi connectivity index (χ0v) is 13.1. The number of carbonyl (C=O) groups excluding carboxylic acids is 1. The molecule has 0 spiro atoms. The van der Waals surface area contributed by atoms with Gasteiger partial charge in [0, 0.05) is 0 Å². The molecular weight excluding hydrogens is 328 g/mol. The van der Waals surface area contributed by atoms with Crippen LogP contribution in [0.2, 0.25) is 0 Å². The molecule has 25 heavy (non-hydrogen) atoms. The summed E-state index contributed by atoms with van der Waals surface area (Å²) in [4.78, 5) is 34.8. The third-order valence-corrected chi connectivity index (χ3v) is 3.28. The van der Waals surface area contributed by atoms with Gasteiger partial charge in [0.15, 0.2) is 0 Å². The van der Waals surface area contributed by atoms with Gasteiger partial charge in [0.05, 0.1) is 12.2 Å². The molecule has 0 aliphatic carbocycles. The van der Waals surface area contributed by atoms with E-state index >= 15 is 0 Å². The van der Waals surface area contributed by atoms with Crippen molar-refractivity contribution >= 4 is 17.9 Å². The van der Waals surface area contributed by atoms with E-state index in [9.17, 15) is 24.6 Å². The molecule has 7 nitrogen and oxygen atoms in total. The largest absolute Gasteiger partial charge is 0.479 e. The molecule has 2 atom stereocenters. The molecule has 0 bridgehead atoms. The first-order valence-corrected chi connectivity index (χ1v) is 7.36. The Morgan fingerprint density at radius 3 is 1.84 bits per heavy atom. The maximum absolute atomic E-state index is 12.0. The van der Waals surface area contributed by atoms with Crippen molar-refractivity contribution in [2.24, 2.45) is 0 Å². The summed E-state index contributed by atoms with van der Waals surface area (Å²) in [5.41, 5.74) is 0.772. The van der Waals surface area contributed by atoms with E-state index in [0.29, 0.717) is 5.56 Å². The van der Waals surface area contributed by atoms with Crippen LogP contribution in [0.4, 0.5) is 0 Å². The van der Waals surface area contributed by atoms with Gasteiger partial charge < -0.3 is 19.7 Å². The standard InChI is InChI=1S/C18H16O7/c19-16(20)14(24-11-12-7-3-1-4-8-12)15(17(21)22)25-18(23)13-9-5-2-6-10-13/h1-10,14-15H,11H2,(H,19,20)(H,21,22)/t14-,15-/m1/s1. The molecule has 2 aromatic carbocycles. The molecule has 0 unspecified atom stereocenters. The number of esters is 1. The van der Waals surface area contributed by atoms with Crippen molar-refractivity contribution in [2.75, 3.05) is 0 Å². The second-order valence-electron chi connectivity index (χ2n) is 5.09. The van der Waals surface area contributed by atoms with Crippen LogP contribution in [0.5, 0.6) is 0 Å².